The Bertz CT molecular complexity index is 213. The molecule has 0 rings (SSSR count). The van der Waals surface area contributed by atoms with E-state index in [0.717, 1.165) is 0 Å². The van der Waals surface area contributed by atoms with Gasteiger partial charge in [0.15, 0.2) is 0 Å². The molecule has 6 nitrogen and oxygen atoms in total. The third-order valence-corrected chi connectivity index (χ3v) is 1.36. The molecule has 0 aliphatic heterocycles. The van der Waals surface area contributed by atoms with E-state index < -0.39 is 0 Å². The molecule has 13 heavy (non-hydrogen) atoms. The van der Waals surface area contributed by atoms with Gasteiger partial charge in [0.25, 0.3) is 5.91 Å². The molecule has 0 aromatic carbocycles. The highest BCUT2D eigenvalue weighted by atomic mass is 16.2. The number of aliphatic imine (C=N–C) groups is 1. The third kappa shape index (κ3) is 3.66. The third-order valence-electron chi connectivity index (χ3n) is 1.36. The summed E-state index contributed by atoms with van der Waals surface area (Å²) in [5.74, 6) is -0.0914. The van der Waals surface area contributed by atoms with Crippen molar-refractivity contribution in [1.29, 1.82) is 0 Å². The second-order valence-electron chi connectivity index (χ2n) is 2.26. The number of carbonyl (C=O) groups is 1. The van der Waals surface area contributed by atoms with Gasteiger partial charge in [0.05, 0.1) is 0 Å². The fourth-order valence-electron chi connectivity index (χ4n) is 0.725. The van der Waals surface area contributed by atoms with Crippen molar-refractivity contribution >= 4 is 18.5 Å². The van der Waals surface area contributed by atoms with Crippen molar-refractivity contribution in [1.82, 2.24) is 10.3 Å². The van der Waals surface area contributed by atoms with Crippen LogP contribution in [0.3, 0.4) is 0 Å². The highest BCUT2D eigenvalue weighted by Gasteiger charge is 2.13. The van der Waals surface area contributed by atoms with Crippen LogP contribution in [-0.4, -0.2) is 50.7 Å². The number of hydrogen-bond donors (Lipinski definition) is 2. The van der Waals surface area contributed by atoms with Gasteiger partial charge >= 0.3 is 0 Å². The number of hydrogen-bond acceptors (Lipinski definition) is 4. The molecule has 74 valence electrons. The molecule has 0 radical (unpaired) electrons. The Kier molecular flexibility index (Phi) is 5.45. The second kappa shape index (κ2) is 6.13. The lowest BCUT2D eigenvalue weighted by atomic mass is 10.5. The number of nitrogens with two attached hydrogens (primary N) is 1. The average molecular weight is 185 g/mol. The summed E-state index contributed by atoms with van der Waals surface area (Å²) in [5.41, 5.74) is 5.22. The van der Waals surface area contributed by atoms with E-state index in [4.69, 9.17) is 5.73 Å². The van der Waals surface area contributed by atoms with Gasteiger partial charge in [-0.3, -0.25) is 9.79 Å². The van der Waals surface area contributed by atoms with Crippen LogP contribution in [0.2, 0.25) is 0 Å². The summed E-state index contributed by atoms with van der Waals surface area (Å²) >= 11 is 0. The fourth-order valence-corrected chi connectivity index (χ4v) is 0.725. The quantitative estimate of drug-likeness (QED) is 0.323. The van der Waals surface area contributed by atoms with Gasteiger partial charge in [-0.25, -0.2) is 5.01 Å². The minimum Gasteiger partial charge on any atom is -0.348 e. The maximum absolute atomic E-state index is 11.3. The number of amides is 1. The summed E-state index contributed by atoms with van der Waals surface area (Å²) in [6.07, 6.45) is 0. The second-order valence-corrected chi connectivity index (χ2v) is 2.26. The molecule has 0 unspecified atom stereocenters. The highest BCUT2D eigenvalue weighted by Crippen LogP contribution is 1.87. The van der Waals surface area contributed by atoms with E-state index in [1.165, 1.54) is 12.1 Å². The van der Waals surface area contributed by atoms with E-state index in [1.54, 1.807) is 7.05 Å². The smallest absolute Gasteiger partial charge is 0.288 e. The molecule has 0 aromatic rings. The number of nitrogens with one attached hydrogen (secondary N) is 1. The Hall–Kier alpha value is -1.43. The first-order valence-electron chi connectivity index (χ1n) is 3.82. The molecule has 0 aliphatic carbocycles. The minimum atomic E-state index is -0.303. The number of amidine groups is 1. The topological polar surface area (TPSA) is 83.1 Å². The fraction of sp³-hybridized carbons (Fsp3) is 0.571. The van der Waals surface area contributed by atoms with E-state index >= 15 is 0 Å². The molecule has 0 saturated heterocycles. The highest BCUT2D eigenvalue weighted by molar-refractivity contribution is 6.37. The normalized spacial score (nSPS) is 10.8. The van der Waals surface area contributed by atoms with E-state index in [1.807, 2.05) is 0 Å². The van der Waals surface area contributed by atoms with Crippen molar-refractivity contribution in [2.24, 2.45) is 15.8 Å². The van der Waals surface area contributed by atoms with Crippen LogP contribution in [0.4, 0.5) is 0 Å². The standard InChI is InChI=1S/C7H15N5O/c1-9-6(12(3)10-2)7(13)11-5-4-8/h2,4-5,8H2,1,3H3,(H,11,13). The summed E-state index contributed by atoms with van der Waals surface area (Å²) in [6, 6.07) is 0. The van der Waals surface area contributed by atoms with Crippen molar-refractivity contribution in [3.63, 3.8) is 0 Å². The van der Waals surface area contributed by atoms with Crippen LogP contribution in [0.1, 0.15) is 0 Å². The minimum absolute atomic E-state index is 0.212. The van der Waals surface area contributed by atoms with Crippen LogP contribution < -0.4 is 11.1 Å². The maximum Gasteiger partial charge on any atom is 0.288 e. The van der Waals surface area contributed by atoms with Crippen LogP contribution >= 0.6 is 0 Å². The molecule has 0 heterocycles. The van der Waals surface area contributed by atoms with Crippen molar-refractivity contribution in [3.8, 4) is 0 Å². The molecule has 1 amide bonds. The number of hydrazone groups is 1. The lowest BCUT2D eigenvalue weighted by Crippen LogP contribution is -2.40. The molecule has 3 N–H and O–H groups in total. The lowest BCUT2D eigenvalue weighted by molar-refractivity contribution is -0.115. The molecule has 0 fully saturated rings. The molecular weight excluding hydrogens is 170 g/mol. The van der Waals surface area contributed by atoms with Crippen LogP contribution in [0.5, 0.6) is 0 Å². The molecule has 6 heteroatoms. The number of likely N-dealkylation sites (N-methyl/N-ethyl adjacent to an activating group) is 1. The van der Waals surface area contributed by atoms with Gasteiger partial charge in [0.2, 0.25) is 5.84 Å². The first kappa shape index (κ1) is 11.6. The Morgan fingerprint density at radius 3 is 2.69 bits per heavy atom. The van der Waals surface area contributed by atoms with Gasteiger partial charge in [0, 0.05) is 33.9 Å². The van der Waals surface area contributed by atoms with Crippen LogP contribution in [-0.2, 0) is 4.79 Å². The zero-order valence-electron chi connectivity index (χ0n) is 7.95. The van der Waals surface area contributed by atoms with Crippen molar-refractivity contribution in [3.05, 3.63) is 0 Å². The first-order chi connectivity index (χ1) is 6.17. The first-order valence-corrected chi connectivity index (χ1v) is 3.82. The van der Waals surface area contributed by atoms with Gasteiger partial charge in [-0.05, 0) is 0 Å². The molecule has 0 spiro atoms. The SMILES string of the molecule is C=NN(C)C(=NC)C(=O)NCCN. The molecular formula is C7H15N5O. The monoisotopic (exact) mass is 185 g/mol. The van der Waals surface area contributed by atoms with Crippen molar-refractivity contribution < 1.29 is 4.79 Å². The number of nitrogens with zero attached hydrogens (tertiary/aromatic N) is 3. The van der Waals surface area contributed by atoms with Gasteiger partial charge in [-0.1, -0.05) is 0 Å². The van der Waals surface area contributed by atoms with E-state index in [-0.39, 0.29) is 11.7 Å². The van der Waals surface area contributed by atoms with E-state index in [2.05, 4.69) is 22.1 Å². The summed E-state index contributed by atoms with van der Waals surface area (Å²) in [5, 5.41) is 7.42. The van der Waals surface area contributed by atoms with Gasteiger partial charge < -0.3 is 11.1 Å². The summed E-state index contributed by atoms with van der Waals surface area (Å²) in [4.78, 5) is 15.1. The van der Waals surface area contributed by atoms with Gasteiger partial charge in [0.1, 0.15) is 0 Å². The predicted octanol–water partition coefficient (Wildman–Crippen LogP) is -1.36. The molecule has 0 aromatic heterocycles. The molecule has 0 saturated carbocycles. The molecule has 0 bridgehead atoms. The number of rotatable bonds is 3. The zero-order valence-corrected chi connectivity index (χ0v) is 7.95. The summed E-state index contributed by atoms with van der Waals surface area (Å²) in [6.45, 7) is 4.10. The van der Waals surface area contributed by atoms with Gasteiger partial charge in [-0.15, -0.1) is 0 Å². The Balaban J connectivity index is 4.25. The predicted molar refractivity (Wildman–Crippen MR) is 52.7 cm³/mol. The van der Waals surface area contributed by atoms with Crippen LogP contribution in [0.25, 0.3) is 0 Å². The zero-order chi connectivity index (χ0) is 10.3. The molecule has 0 aliphatic rings. The Labute approximate surface area is 77.5 Å². The summed E-state index contributed by atoms with van der Waals surface area (Å²) in [7, 11) is 3.11. The van der Waals surface area contributed by atoms with Crippen LogP contribution in [0, 0.1) is 0 Å². The average Bonchev–Trinajstić information content (AvgIpc) is 2.15. The van der Waals surface area contributed by atoms with E-state index in [0.29, 0.717) is 13.1 Å². The van der Waals surface area contributed by atoms with Crippen molar-refractivity contribution in [2.75, 3.05) is 27.2 Å². The van der Waals surface area contributed by atoms with Crippen LogP contribution in [0.15, 0.2) is 10.1 Å². The maximum atomic E-state index is 11.3. The van der Waals surface area contributed by atoms with Gasteiger partial charge in [-0.2, -0.15) is 5.10 Å². The Morgan fingerprint density at radius 2 is 2.31 bits per heavy atom. The summed E-state index contributed by atoms with van der Waals surface area (Å²) < 4.78 is 0. The largest absolute Gasteiger partial charge is 0.348 e. The Morgan fingerprint density at radius 1 is 1.69 bits per heavy atom. The van der Waals surface area contributed by atoms with E-state index in [9.17, 15) is 4.79 Å². The number of carbonyl (C=O) groups excluding carboxylic acids is 1. The lowest BCUT2D eigenvalue weighted by Gasteiger charge is -2.13. The molecule has 0 atom stereocenters. The van der Waals surface area contributed by atoms with Crippen molar-refractivity contribution in [2.45, 2.75) is 0 Å².